The van der Waals surface area contributed by atoms with Gasteiger partial charge in [-0.05, 0) is 13.3 Å². The zero-order valence-corrected chi connectivity index (χ0v) is 11.1. The van der Waals surface area contributed by atoms with Crippen molar-refractivity contribution >= 4 is 5.91 Å². The molecule has 96 valence electrons. The van der Waals surface area contributed by atoms with E-state index in [0.29, 0.717) is 6.54 Å². The predicted octanol–water partition coefficient (Wildman–Crippen LogP) is 0.859. The Bertz CT molecular complexity index is 359. The topological polar surface area (TPSA) is 50.2 Å². The van der Waals surface area contributed by atoms with Crippen molar-refractivity contribution in [2.45, 2.75) is 39.4 Å². The minimum atomic E-state index is -0.167. The zero-order valence-electron chi connectivity index (χ0n) is 11.1. The van der Waals surface area contributed by atoms with Gasteiger partial charge in [0.2, 0.25) is 5.91 Å². The van der Waals surface area contributed by atoms with Crippen LogP contribution < -0.4 is 5.32 Å². The van der Waals surface area contributed by atoms with Crippen LogP contribution in [0.15, 0.2) is 12.4 Å². The average Bonchev–Trinajstić information content (AvgIpc) is 2.73. The molecule has 0 radical (unpaired) electrons. The fraction of sp³-hybridized carbons (Fsp3) is 0.667. The molecule has 1 rings (SSSR count). The van der Waals surface area contributed by atoms with Gasteiger partial charge in [0.1, 0.15) is 0 Å². The lowest BCUT2D eigenvalue weighted by atomic mass is 10.2. The van der Waals surface area contributed by atoms with E-state index in [1.807, 2.05) is 24.0 Å². The van der Waals surface area contributed by atoms with Crippen LogP contribution in [0.25, 0.3) is 0 Å². The van der Waals surface area contributed by atoms with Gasteiger partial charge in [-0.3, -0.25) is 9.48 Å². The molecule has 1 atom stereocenters. The molecule has 17 heavy (non-hydrogen) atoms. The smallest absolute Gasteiger partial charge is 0.238 e. The molecule has 5 heteroatoms. The van der Waals surface area contributed by atoms with Crippen molar-refractivity contribution in [2.75, 3.05) is 14.1 Å². The summed E-state index contributed by atoms with van der Waals surface area (Å²) in [6.45, 7) is 5.60. The van der Waals surface area contributed by atoms with Crippen molar-refractivity contribution in [1.82, 2.24) is 20.0 Å². The number of carbonyl (C=O) groups excluding carboxylic acids is 1. The molecule has 0 spiro atoms. The molecule has 0 aliphatic carbocycles. The molecule has 1 aromatic heterocycles. The first kappa shape index (κ1) is 13.7. The molecule has 5 nitrogen and oxygen atoms in total. The van der Waals surface area contributed by atoms with Crippen LogP contribution in [0.1, 0.15) is 25.8 Å². The number of nitrogens with zero attached hydrogens (tertiary/aromatic N) is 3. The minimum Gasteiger partial charge on any atom is -0.347 e. The van der Waals surface area contributed by atoms with Crippen LogP contribution in [0, 0.1) is 0 Å². The van der Waals surface area contributed by atoms with Crippen LogP contribution in [-0.4, -0.2) is 40.7 Å². The Morgan fingerprint density at radius 3 is 2.88 bits per heavy atom. The first-order chi connectivity index (χ1) is 8.04. The molecule has 0 saturated carbocycles. The van der Waals surface area contributed by atoms with Gasteiger partial charge in [-0.2, -0.15) is 5.10 Å². The van der Waals surface area contributed by atoms with Gasteiger partial charge in [-0.1, -0.05) is 6.92 Å². The molecule has 0 saturated heterocycles. The molecular formula is C12H22N4O. The van der Waals surface area contributed by atoms with Gasteiger partial charge in [0.25, 0.3) is 0 Å². The van der Waals surface area contributed by atoms with Gasteiger partial charge < -0.3 is 10.2 Å². The minimum absolute atomic E-state index is 0.0888. The van der Waals surface area contributed by atoms with Gasteiger partial charge in [-0.15, -0.1) is 0 Å². The molecule has 1 heterocycles. The number of likely N-dealkylation sites (N-methyl/N-ethyl adjacent to an activating group) is 1. The fourth-order valence-electron chi connectivity index (χ4n) is 1.59. The first-order valence-electron chi connectivity index (χ1n) is 6.00. The molecule has 0 aliphatic rings. The van der Waals surface area contributed by atoms with E-state index in [1.165, 1.54) is 0 Å². The largest absolute Gasteiger partial charge is 0.347 e. The number of rotatable bonds is 6. The summed E-state index contributed by atoms with van der Waals surface area (Å²) in [4.78, 5) is 13.2. The zero-order chi connectivity index (χ0) is 12.8. The van der Waals surface area contributed by atoms with E-state index < -0.39 is 0 Å². The van der Waals surface area contributed by atoms with Crippen LogP contribution in [0.4, 0.5) is 0 Å². The summed E-state index contributed by atoms with van der Waals surface area (Å²) in [6, 6.07) is -0.167. The Morgan fingerprint density at radius 1 is 1.59 bits per heavy atom. The summed E-state index contributed by atoms with van der Waals surface area (Å²) in [5, 5.41) is 7.44. The summed E-state index contributed by atoms with van der Waals surface area (Å²) in [6.07, 6.45) is 4.93. The lowest BCUT2D eigenvalue weighted by Gasteiger charge is -2.17. The normalized spacial score (nSPS) is 12.5. The lowest BCUT2D eigenvalue weighted by molar-refractivity contribution is -0.130. The lowest BCUT2D eigenvalue weighted by Crippen LogP contribution is -2.41. The number of aromatic nitrogens is 2. The van der Waals surface area contributed by atoms with Crippen molar-refractivity contribution < 1.29 is 4.79 Å². The highest BCUT2D eigenvalue weighted by Gasteiger charge is 2.13. The van der Waals surface area contributed by atoms with E-state index >= 15 is 0 Å². The monoisotopic (exact) mass is 238 g/mol. The summed E-state index contributed by atoms with van der Waals surface area (Å²) in [5.74, 6) is 0.0888. The highest BCUT2D eigenvalue weighted by atomic mass is 16.2. The second kappa shape index (κ2) is 6.39. The van der Waals surface area contributed by atoms with Crippen molar-refractivity contribution in [2.24, 2.45) is 0 Å². The van der Waals surface area contributed by atoms with E-state index in [-0.39, 0.29) is 11.9 Å². The molecule has 0 aromatic carbocycles. The van der Waals surface area contributed by atoms with E-state index in [4.69, 9.17) is 0 Å². The average molecular weight is 238 g/mol. The summed E-state index contributed by atoms with van der Waals surface area (Å²) in [7, 11) is 3.53. The van der Waals surface area contributed by atoms with Gasteiger partial charge in [0, 0.05) is 38.9 Å². The molecule has 1 unspecified atom stereocenters. The molecule has 1 amide bonds. The van der Waals surface area contributed by atoms with Gasteiger partial charge in [0.05, 0.1) is 12.2 Å². The third kappa shape index (κ3) is 4.19. The third-order valence-electron chi connectivity index (χ3n) is 2.56. The predicted molar refractivity (Wildman–Crippen MR) is 67.5 cm³/mol. The maximum Gasteiger partial charge on any atom is 0.238 e. The Morgan fingerprint density at radius 2 is 2.29 bits per heavy atom. The van der Waals surface area contributed by atoms with Crippen LogP contribution in [0.2, 0.25) is 0 Å². The molecule has 0 aliphatic heterocycles. The highest BCUT2D eigenvalue weighted by molar-refractivity contribution is 5.80. The second-order valence-electron chi connectivity index (χ2n) is 4.45. The van der Waals surface area contributed by atoms with E-state index in [2.05, 4.69) is 17.3 Å². The number of carbonyl (C=O) groups is 1. The van der Waals surface area contributed by atoms with Crippen LogP contribution >= 0.6 is 0 Å². The molecular weight excluding hydrogens is 216 g/mol. The van der Waals surface area contributed by atoms with Crippen molar-refractivity contribution in [3.8, 4) is 0 Å². The van der Waals surface area contributed by atoms with E-state index in [0.717, 1.165) is 18.5 Å². The van der Waals surface area contributed by atoms with Crippen molar-refractivity contribution in [3.63, 3.8) is 0 Å². The number of nitrogens with one attached hydrogen (secondary N) is 1. The molecule has 1 aromatic rings. The summed E-state index contributed by atoms with van der Waals surface area (Å²) >= 11 is 0. The summed E-state index contributed by atoms with van der Waals surface area (Å²) in [5.41, 5.74) is 1.11. The highest BCUT2D eigenvalue weighted by Crippen LogP contribution is 1.99. The first-order valence-corrected chi connectivity index (χ1v) is 6.00. The number of amides is 1. The molecule has 0 fully saturated rings. The third-order valence-corrected chi connectivity index (χ3v) is 2.56. The number of hydrogen-bond donors (Lipinski definition) is 1. The Kier molecular flexibility index (Phi) is 5.15. The Labute approximate surface area is 103 Å². The maximum atomic E-state index is 11.6. The van der Waals surface area contributed by atoms with Crippen LogP contribution in [-0.2, 0) is 17.9 Å². The van der Waals surface area contributed by atoms with Crippen molar-refractivity contribution in [1.29, 1.82) is 0 Å². The van der Waals surface area contributed by atoms with E-state index in [9.17, 15) is 4.79 Å². The number of hydrogen-bond acceptors (Lipinski definition) is 3. The van der Waals surface area contributed by atoms with Crippen molar-refractivity contribution in [3.05, 3.63) is 18.0 Å². The quantitative estimate of drug-likeness (QED) is 0.799. The second-order valence-corrected chi connectivity index (χ2v) is 4.45. The fourth-order valence-corrected chi connectivity index (χ4v) is 1.59. The SMILES string of the molecule is CCCn1cc(CNC(C)C(=O)N(C)C)cn1. The molecule has 1 N–H and O–H groups in total. The van der Waals surface area contributed by atoms with Gasteiger partial charge in [0.15, 0.2) is 0 Å². The Balaban J connectivity index is 2.41. The van der Waals surface area contributed by atoms with E-state index in [1.54, 1.807) is 19.0 Å². The Hall–Kier alpha value is -1.36. The molecule has 0 bridgehead atoms. The number of aryl methyl sites for hydroxylation is 1. The van der Waals surface area contributed by atoms with Crippen LogP contribution in [0.3, 0.4) is 0 Å². The summed E-state index contributed by atoms with van der Waals surface area (Å²) < 4.78 is 1.93. The van der Waals surface area contributed by atoms with Gasteiger partial charge >= 0.3 is 0 Å². The maximum absolute atomic E-state index is 11.6. The standard InChI is InChI=1S/C12H22N4O/c1-5-6-16-9-11(8-14-16)7-13-10(2)12(17)15(3)4/h8-10,13H,5-7H2,1-4H3. The van der Waals surface area contributed by atoms with Crippen LogP contribution in [0.5, 0.6) is 0 Å². The van der Waals surface area contributed by atoms with Gasteiger partial charge in [-0.25, -0.2) is 0 Å².